The van der Waals surface area contributed by atoms with E-state index in [1.807, 2.05) is 6.07 Å². The number of halogens is 2. The Hall–Kier alpha value is -0.570. The Labute approximate surface area is 85.7 Å². The number of anilines is 1. The van der Waals surface area contributed by atoms with Gasteiger partial charge in [-0.3, -0.25) is 0 Å². The van der Waals surface area contributed by atoms with E-state index in [9.17, 15) is 4.39 Å². The first-order valence-electron chi connectivity index (χ1n) is 4.40. The van der Waals surface area contributed by atoms with E-state index in [1.54, 1.807) is 12.1 Å². The predicted molar refractivity (Wildman–Crippen MR) is 55.5 cm³/mol. The summed E-state index contributed by atoms with van der Waals surface area (Å²) >= 11 is 3.14. The Balaban J connectivity index is 2.26. The van der Waals surface area contributed by atoms with Crippen LogP contribution in [0.25, 0.3) is 0 Å². The van der Waals surface area contributed by atoms with Gasteiger partial charge in [0, 0.05) is 18.3 Å². The number of benzene rings is 1. The van der Waals surface area contributed by atoms with E-state index >= 15 is 0 Å². The van der Waals surface area contributed by atoms with Gasteiger partial charge in [0.25, 0.3) is 0 Å². The molecule has 0 aliphatic carbocycles. The molecule has 1 nitrogen and oxygen atoms in total. The van der Waals surface area contributed by atoms with Crippen LogP contribution in [0.4, 0.5) is 10.1 Å². The Kier molecular flexibility index (Phi) is 2.28. The van der Waals surface area contributed by atoms with E-state index in [1.165, 1.54) is 6.42 Å². The highest BCUT2D eigenvalue weighted by atomic mass is 79.9. The number of hydrogen-bond acceptors (Lipinski definition) is 1. The van der Waals surface area contributed by atoms with Crippen LogP contribution in [0.5, 0.6) is 0 Å². The third-order valence-electron chi connectivity index (χ3n) is 2.55. The lowest BCUT2D eigenvalue weighted by Gasteiger charge is -2.40. The molecule has 1 aromatic rings. The fourth-order valence-corrected chi connectivity index (χ4v) is 1.81. The van der Waals surface area contributed by atoms with Crippen LogP contribution >= 0.6 is 15.9 Å². The molecule has 1 atom stereocenters. The van der Waals surface area contributed by atoms with Crippen LogP contribution in [-0.4, -0.2) is 12.6 Å². The summed E-state index contributed by atoms with van der Waals surface area (Å²) in [4.78, 5) is 2.20. The minimum atomic E-state index is -0.184. The molecule has 0 bridgehead atoms. The summed E-state index contributed by atoms with van der Waals surface area (Å²) in [6, 6.07) is 5.85. The van der Waals surface area contributed by atoms with Crippen LogP contribution in [0, 0.1) is 5.82 Å². The highest BCUT2D eigenvalue weighted by molar-refractivity contribution is 9.10. The van der Waals surface area contributed by atoms with Crippen molar-refractivity contribution in [3.05, 3.63) is 28.5 Å². The first-order chi connectivity index (χ1) is 6.18. The molecule has 0 radical (unpaired) electrons. The Morgan fingerprint density at radius 2 is 2.31 bits per heavy atom. The zero-order valence-electron chi connectivity index (χ0n) is 7.43. The molecule has 1 saturated heterocycles. The highest BCUT2D eigenvalue weighted by Gasteiger charge is 2.23. The molecule has 0 aromatic heterocycles. The third kappa shape index (κ3) is 1.57. The van der Waals surface area contributed by atoms with Crippen LogP contribution in [0.3, 0.4) is 0 Å². The second kappa shape index (κ2) is 3.29. The Morgan fingerprint density at radius 1 is 1.54 bits per heavy atom. The molecule has 1 heterocycles. The minimum Gasteiger partial charge on any atom is -0.369 e. The van der Waals surface area contributed by atoms with Crippen molar-refractivity contribution in [3.8, 4) is 0 Å². The lowest BCUT2D eigenvalue weighted by molar-refractivity contribution is 0.480. The molecule has 3 heteroatoms. The maximum absolute atomic E-state index is 13.2. The van der Waals surface area contributed by atoms with Crippen molar-refractivity contribution in [1.29, 1.82) is 0 Å². The van der Waals surface area contributed by atoms with Crippen LogP contribution in [-0.2, 0) is 0 Å². The van der Waals surface area contributed by atoms with Crippen molar-refractivity contribution in [2.24, 2.45) is 0 Å². The van der Waals surface area contributed by atoms with Crippen molar-refractivity contribution >= 4 is 21.6 Å². The summed E-state index contributed by atoms with van der Waals surface area (Å²) in [6.45, 7) is 3.20. The molecular weight excluding hydrogens is 233 g/mol. The van der Waals surface area contributed by atoms with Gasteiger partial charge in [0.15, 0.2) is 0 Å². The molecule has 70 valence electrons. The molecule has 1 unspecified atom stereocenters. The van der Waals surface area contributed by atoms with E-state index in [4.69, 9.17) is 0 Å². The topological polar surface area (TPSA) is 3.24 Å². The maximum atomic E-state index is 13.2. The van der Waals surface area contributed by atoms with Gasteiger partial charge in [0.2, 0.25) is 0 Å². The van der Waals surface area contributed by atoms with Gasteiger partial charge in [0.1, 0.15) is 5.82 Å². The van der Waals surface area contributed by atoms with E-state index in [2.05, 4.69) is 27.8 Å². The van der Waals surface area contributed by atoms with Crippen molar-refractivity contribution in [2.45, 2.75) is 19.4 Å². The van der Waals surface area contributed by atoms with E-state index < -0.39 is 0 Å². The van der Waals surface area contributed by atoms with Gasteiger partial charge in [-0.1, -0.05) is 0 Å². The van der Waals surface area contributed by atoms with Crippen molar-refractivity contribution < 1.29 is 4.39 Å². The number of hydrogen-bond donors (Lipinski definition) is 0. The minimum absolute atomic E-state index is 0.184. The Morgan fingerprint density at radius 3 is 2.77 bits per heavy atom. The van der Waals surface area contributed by atoms with Gasteiger partial charge >= 0.3 is 0 Å². The molecule has 1 aromatic carbocycles. The van der Waals surface area contributed by atoms with Crippen molar-refractivity contribution in [2.75, 3.05) is 11.4 Å². The highest BCUT2D eigenvalue weighted by Crippen LogP contribution is 2.28. The quantitative estimate of drug-likeness (QED) is 0.733. The molecule has 0 N–H and O–H groups in total. The normalized spacial score (nSPS) is 21.5. The molecule has 0 saturated carbocycles. The van der Waals surface area contributed by atoms with E-state index in [0.717, 1.165) is 12.2 Å². The van der Waals surface area contributed by atoms with E-state index in [0.29, 0.717) is 10.5 Å². The van der Waals surface area contributed by atoms with Crippen molar-refractivity contribution in [3.63, 3.8) is 0 Å². The van der Waals surface area contributed by atoms with Crippen LogP contribution < -0.4 is 4.90 Å². The molecule has 1 fully saturated rings. The first-order valence-corrected chi connectivity index (χ1v) is 5.19. The molecule has 2 rings (SSSR count). The fraction of sp³-hybridized carbons (Fsp3) is 0.400. The second-order valence-corrected chi connectivity index (χ2v) is 4.28. The standard InChI is InChI=1S/C10H11BrFN/c1-7-4-5-13(7)8-2-3-9(11)10(12)6-8/h2-3,6-7H,4-5H2,1H3. The molecule has 1 aliphatic heterocycles. The molecule has 1 aliphatic rings. The van der Waals surface area contributed by atoms with Gasteiger partial charge in [-0.15, -0.1) is 0 Å². The SMILES string of the molecule is CC1CCN1c1ccc(Br)c(F)c1. The largest absolute Gasteiger partial charge is 0.369 e. The summed E-state index contributed by atoms with van der Waals surface area (Å²) in [7, 11) is 0. The maximum Gasteiger partial charge on any atom is 0.139 e. The molecular formula is C10H11BrFN. The van der Waals surface area contributed by atoms with Crippen LogP contribution in [0.2, 0.25) is 0 Å². The summed E-state index contributed by atoms with van der Waals surface area (Å²) in [5, 5.41) is 0. The molecule has 0 spiro atoms. The Bertz CT molecular complexity index is 327. The summed E-state index contributed by atoms with van der Waals surface area (Å²) in [5.41, 5.74) is 0.986. The average Bonchev–Trinajstić information content (AvgIpc) is 2.09. The summed E-state index contributed by atoms with van der Waals surface area (Å²) in [5.74, 6) is -0.184. The second-order valence-electron chi connectivity index (χ2n) is 3.43. The van der Waals surface area contributed by atoms with Gasteiger partial charge in [-0.2, -0.15) is 0 Å². The molecule has 13 heavy (non-hydrogen) atoms. The first kappa shape index (κ1) is 9.00. The third-order valence-corrected chi connectivity index (χ3v) is 3.20. The molecule has 0 amide bonds. The number of nitrogens with zero attached hydrogens (tertiary/aromatic N) is 1. The van der Waals surface area contributed by atoms with Crippen LogP contribution in [0.15, 0.2) is 22.7 Å². The van der Waals surface area contributed by atoms with E-state index in [-0.39, 0.29) is 5.82 Å². The zero-order chi connectivity index (χ0) is 9.42. The summed E-state index contributed by atoms with van der Waals surface area (Å²) in [6.07, 6.45) is 1.21. The van der Waals surface area contributed by atoms with Gasteiger partial charge in [-0.25, -0.2) is 4.39 Å². The van der Waals surface area contributed by atoms with Gasteiger partial charge in [0.05, 0.1) is 4.47 Å². The summed E-state index contributed by atoms with van der Waals surface area (Å²) < 4.78 is 13.7. The predicted octanol–water partition coefficient (Wildman–Crippen LogP) is 3.19. The fourth-order valence-electron chi connectivity index (χ4n) is 1.56. The smallest absolute Gasteiger partial charge is 0.139 e. The zero-order valence-corrected chi connectivity index (χ0v) is 9.01. The van der Waals surface area contributed by atoms with Gasteiger partial charge in [-0.05, 0) is 47.5 Å². The monoisotopic (exact) mass is 243 g/mol. The van der Waals surface area contributed by atoms with Gasteiger partial charge < -0.3 is 4.90 Å². The van der Waals surface area contributed by atoms with Crippen LogP contribution in [0.1, 0.15) is 13.3 Å². The average molecular weight is 244 g/mol. The number of rotatable bonds is 1. The lowest BCUT2D eigenvalue weighted by Crippen LogP contribution is -2.45. The van der Waals surface area contributed by atoms with Crippen molar-refractivity contribution in [1.82, 2.24) is 0 Å². The lowest BCUT2D eigenvalue weighted by atomic mass is 10.0.